The average molecular weight is 577 g/mol. The zero-order chi connectivity index (χ0) is 29.4. The number of alkyl halides is 6. The molecule has 0 amide bonds. The van der Waals surface area contributed by atoms with Gasteiger partial charge in [-0.05, 0) is 27.7 Å². The van der Waals surface area contributed by atoms with Gasteiger partial charge in [0.15, 0.2) is 31.3 Å². The van der Waals surface area contributed by atoms with Crippen LogP contribution in [0.4, 0.5) is 26.3 Å². The monoisotopic (exact) mass is 576 g/mol. The molecule has 2 aliphatic rings. The lowest BCUT2D eigenvalue weighted by Crippen LogP contribution is -2.40. The molecule has 0 saturated carbocycles. The first-order valence-electron chi connectivity index (χ1n) is 10.6. The fraction of sp³-hybridized carbons (Fsp3) is 0.900. The molecule has 0 unspecified atom stereocenters. The van der Waals surface area contributed by atoms with Gasteiger partial charge < -0.3 is 9.11 Å². The van der Waals surface area contributed by atoms with E-state index in [0.29, 0.717) is 21.9 Å². The summed E-state index contributed by atoms with van der Waals surface area (Å²) in [5.74, 6) is 0. The molecule has 36 heavy (non-hydrogen) atoms. The van der Waals surface area contributed by atoms with Crippen LogP contribution in [0.2, 0.25) is 0 Å². The minimum Gasteiger partial charge on any atom is -0.741 e. The third-order valence-corrected chi connectivity index (χ3v) is 6.62. The van der Waals surface area contributed by atoms with E-state index in [2.05, 4.69) is 77.0 Å². The maximum absolute atomic E-state index is 10.7. The molecule has 0 saturated heterocycles. The average Bonchev–Trinajstić information content (AvgIpc) is 2.87. The fourth-order valence-electron chi connectivity index (χ4n) is 4.67. The maximum atomic E-state index is 10.7. The Labute approximate surface area is 208 Å². The van der Waals surface area contributed by atoms with Gasteiger partial charge in [-0.1, -0.05) is 27.7 Å². The van der Waals surface area contributed by atoms with Gasteiger partial charge in [-0.2, -0.15) is 26.3 Å². The van der Waals surface area contributed by atoms with Gasteiger partial charge in [-0.15, -0.1) is 0 Å². The molecule has 2 aliphatic heterocycles. The molecule has 0 aromatic carbocycles. The van der Waals surface area contributed by atoms with E-state index in [1.807, 2.05) is 0 Å². The highest BCUT2D eigenvalue weighted by molar-refractivity contribution is 7.86. The first-order chi connectivity index (χ1) is 15.3. The molecule has 2 heterocycles. The Morgan fingerprint density at radius 3 is 0.944 bits per heavy atom. The number of nitrogens with zero attached hydrogens (tertiary/aromatic N) is 2. The van der Waals surface area contributed by atoms with Gasteiger partial charge in [0.05, 0.1) is 0 Å². The highest BCUT2D eigenvalue weighted by atomic mass is 32.2. The maximum Gasteiger partial charge on any atom is 0.485 e. The van der Waals surface area contributed by atoms with E-state index in [-0.39, 0.29) is 0 Å². The highest BCUT2D eigenvalue weighted by Gasteiger charge is 2.48. The number of hydrogen-bond donors (Lipinski definition) is 0. The first-order valence-corrected chi connectivity index (χ1v) is 13.4. The summed E-state index contributed by atoms with van der Waals surface area (Å²) in [5.41, 5.74) is -10.0. The zero-order valence-electron chi connectivity index (χ0n) is 21.4. The van der Waals surface area contributed by atoms with Crippen molar-refractivity contribution in [2.24, 2.45) is 10.8 Å². The van der Waals surface area contributed by atoms with Crippen molar-refractivity contribution in [2.45, 2.75) is 90.3 Å². The zero-order valence-corrected chi connectivity index (χ0v) is 23.0. The number of halogens is 6. The molecule has 0 bridgehead atoms. The summed E-state index contributed by atoms with van der Waals surface area (Å²) >= 11 is 0. The van der Waals surface area contributed by atoms with Crippen LogP contribution in [0.3, 0.4) is 0 Å². The van der Waals surface area contributed by atoms with Crippen LogP contribution < -0.4 is 0 Å². The second-order valence-electron chi connectivity index (χ2n) is 11.4. The van der Waals surface area contributed by atoms with Crippen molar-refractivity contribution in [2.75, 3.05) is 13.1 Å². The van der Waals surface area contributed by atoms with Gasteiger partial charge in [0.2, 0.25) is 13.1 Å². The second kappa shape index (κ2) is 10.5. The minimum absolute atomic E-state index is 0.295. The summed E-state index contributed by atoms with van der Waals surface area (Å²) in [6, 6.07) is 0. The van der Waals surface area contributed by atoms with Crippen molar-refractivity contribution in [3.05, 3.63) is 0 Å². The Hall–Kier alpha value is -1.26. The predicted octanol–water partition coefficient (Wildman–Crippen LogP) is 3.67. The van der Waals surface area contributed by atoms with Crippen LogP contribution in [0.5, 0.6) is 0 Å². The third-order valence-electron chi connectivity index (χ3n) is 5.49. The van der Waals surface area contributed by atoms with E-state index in [1.165, 1.54) is 12.8 Å². The van der Waals surface area contributed by atoms with Crippen LogP contribution >= 0.6 is 0 Å². The topological polar surface area (TPSA) is 120 Å². The molecule has 8 nitrogen and oxygen atoms in total. The third kappa shape index (κ3) is 10.6. The smallest absolute Gasteiger partial charge is 0.485 e. The van der Waals surface area contributed by atoms with Crippen molar-refractivity contribution < 1.29 is 61.4 Å². The van der Waals surface area contributed by atoms with Crippen molar-refractivity contribution in [1.29, 1.82) is 0 Å². The Bertz CT molecular complexity index is 985. The molecule has 0 spiro atoms. The van der Waals surface area contributed by atoms with Crippen LogP contribution in [0.15, 0.2) is 0 Å². The van der Waals surface area contributed by atoms with Gasteiger partial charge in [0.1, 0.15) is 12.4 Å². The van der Waals surface area contributed by atoms with Crippen molar-refractivity contribution in [1.82, 2.24) is 0 Å². The highest BCUT2D eigenvalue weighted by Crippen LogP contribution is 2.36. The molecule has 0 aromatic heterocycles. The van der Waals surface area contributed by atoms with Crippen LogP contribution in [0.1, 0.15) is 68.2 Å². The molecule has 0 radical (unpaired) electrons. The van der Waals surface area contributed by atoms with Crippen LogP contribution in [0, 0.1) is 10.8 Å². The SMILES string of the molecule is CC1(C)C=[N+](CC[N+]2=CC(C)(C)CC2(C)C)C(C)(C)C1.O=S(=O)([O-])C(F)(F)F.O=S(=O)([O-])C(F)(F)F. The Morgan fingerprint density at radius 1 is 0.639 bits per heavy atom. The summed E-state index contributed by atoms with van der Waals surface area (Å²) in [6.45, 7) is 21.2. The summed E-state index contributed by atoms with van der Waals surface area (Å²) in [6.07, 6.45) is 7.42. The van der Waals surface area contributed by atoms with Gasteiger partial charge in [0, 0.05) is 23.7 Å². The quantitative estimate of drug-likeness (QED) is 0.219. The lowest BCUT2D eigenvalue weighted by Gasteiger charge is -2.21. The normalized spacial score (nSPS) is 22.4. The standard InChI is InChI=1S/C18H34N2.2CHF3O3S/c1-15(2)11-17(5,6)19(13-15)9-10-20-14-16(3,4)12-18(20,7)8;2*2-1(3,4)8(5,6)7/h13-14H,9-12H2,1-8H3;2*(H,5,6,7)/q+2;;/p-2. The molecule has 0 aliphatic carbocycles. The van der Waals surface area contributed by atoms with E-state index in [4.69, 9.17) is 25.9 Å². The molecule has 214 valence electrons. The van der Waals surface area contributed by atoms with E-state index in [1.54, 1.807) is 0 Å². The lowest BCUT2D eigenvalue weighted by atomic mass is 9.85. The summed E-state index contributed by atoms with van der Waals surface area (Å²) in [5, 5.41) is 0. The van der Waals surface area contributed by atoms with Crippen molar-refractivity contribution in [3.8, 4) is 0 Å². The van der Waals surface area contributed by atoms with Crippen LogP contribution in [0.25, 0.3) is 0 Å². The Kier molecular flexibility index (Phi) is 10.1. The summed E-state index contributed by atoms with van der Waals surface area (Å²) in [7, 11) is -12.2. The molecule has 2 rings (SSSR count). The Morgan fingerprint density at radius 2 is 0.833 bits per heavy atom. The molecule has 0 N–H and O–H groups in total. The van der Waals surface area contributed by atoms with E-state index in [0.717, 1.165) is 13.1 Å². The summed E-state index contributed by atoms with van der Waals surface area (Å²) in [4.78, 5) is 0. The molecular formula is C20H34F6N2O6S2. The van der Waals surface area contributed by atoms with E-state index < -0.39 is 31.3 Å². The number of rotatable bonds is 3. The van der Waals surface area contributed by atoms with Crippen LogP contribution in [-0.2, 0) is 20.2 Å². The predicted molar refractivity (Wildman–Crippen MR) is 119 cm³/mol. The van der Waals surface area contributed by atoms with Gasteiger partial charge >= 0.3 is 11.0 Å². The largest absolute Gasteiger partial charge is 0.741 e. The van der Waals surface area contributed by atoms with Gasteiger partial charge in [-0.25, -0.2) is 26.0 Å². The lowest BCUT2D eigenvalue weighted by molar-refractivity contribution is -0.653. The molecular weight excluding hydrogens is 542 g/mol. The second-order valence-corrected chi connectivity index (χ2v) is 14.1. The molecule has 0 atom stereocenters. The molecule has 0 fully saturated rings. The number of hydrogen-bond acceptors (Lipinski definition) is 6. The molecule has 16 heteroatoms. The van der Waals surface area contributed by atoms with Gasteiger partial charge in [0.25, 0.3) is 0 Å². The fourth-order valence-corrected chi connectivity index (χ4v) is 4.67. The van der Waals surface area contributed by atoms with E-state index >= 15 is 0 Å². The van der Waals surface area contributed by atoms with Gasteiger partial charge in [-0.3, -0.25) is 0 Å². The van der Waals surface area contributed by atoms with Crippen molar-refractivity contribution in [3.63, 3.8) is 0 Å². The minimum atomic E-state index is -6.09. The van der Waals surface area contributed by atoms with Crippen molar-refractivity contribution >= 4 is 32.7 Å². The summed E-state index contributed by atoms with van der Waals surface area (Å²) < 4.78 is 123. The molecule has 0 aromatic rings. The first kappa shape index (κ1) is 34.7. The van der Waals surface area contributed by atoms with E-state index in [9.17, 15) is 26.3 Å². The van der Waals surface area contributed by atoms with Crippen LogP contribution in [-0.4, -0.2) is 82.7 Å². The Balaban J connectivity index is 0.000000634.